The van der Waals surface area contributed by atoms with E-state index >= 15 is 0 Å². The van der Waals surface area contributed by atoms with Gasteiger partial charge in [-0.2, -0.15) is 0 Å². The molecule has 0 aromatic carbocycles. The highest BCUT2D eigenvalue weighted by Crippen LogP contribution is 1.83. The Kier molecular flexibility index (Phi) is 10.4. The van der Waals surface area contributed by atoms with Crippen LogP contribution in [-0.4, -0.2) is 51.8 Å². The first-order chi connectivity index (χ1) is 6.77. The fraction of sp³-hybridized carbons (Fsp3) is 0.818. The summed E-state index contributed by atoms with van der Waals surface area (Å²) in [5.41, 5.74) is 0. The first-order valence-electron chi connectivity index (χ1n) is 5.31. The molecule has 3 heteroatoms. The molecule has 0 radical (unpaired) electrons. The fourth-order valence-electron chi connectivity index (χ4n) is 1.06. The quantitative estimate of drug-likeness (QED) is 0.422. The summed E-state index contributed by atoms with van der Waals surface area (Å²) in [7, 11) is 4.19. The zero-order chi connectivity index (χ0) is 10.6. The van der Waals surface area contributed by atoms with Gasteiger partial charge in [-0.15, -0.1) is 6.58 Å². The number of rotatable bonds is 10. The van der Waals surface area contributed by atoms with Crippen LogP contribution in [0.4, 0.5) is 0 Å². The Morgan fingerprint density at radius 3 is 2.71 bits per heavy atom. The Morgan fingerprint density at radius 2 is 2.07 bits per heavy atom. The van der Waals surface area contributed by atoms with Gasteiger partial charge in [0.1, 0.15) is 0 Å². The third-order valence-electron chi connectivity index (χ3n) is 1.85. The van der Waals surface area contributed by atoms with Crippen molar-refractivity contribution in [2.45, 2.75) is 12.8 Å². The molecule has 0 amide bonds. The van der Waals surface area contributed by atoms with E-state index in [0.29, 0.717) is 0 Å². The molecule has 0 aliphatic rings. The molecule has 0 heterocycles. The average Bonchev–Trinajstić information content (AvgIpc) is 2.15. The van der Waals surface area contributed by atoms with Crippen molar-refractivity contribution in [3.63, 3.8) is 0 Å². The van der Waals surface area contributed by atoms with Gasteiger partial charge in [0.2, 0.25) is 0 Å². The van der Waals surface area contributed by atoms with Crippen molar-refractivity contribution in [2.24, 2.45) is 0 Å². The van der Waals surface area contributed by atoms with E-state index in [4.69, 9.17) is 4.74 Å². The predicted octanol–water partition coefficient (Wildman–Crippen LogP) is 1.12. The highest BCUT2D eigenvalue weighted by Gasteiger charge is 1.90. The lowest BCUT2D eigenvalue weighted by atomic mass is 10.4. The molecule has 84 valence electrons. The maximum atomic E-state index is 5.36. The van der Waals surface area contributed by atoms with Crippen LogP contribution in [0, 0.1) is 0 Å². The van der Waals surface area contributed by atoms with Crippen molar-refractivity contribution < 1.29 is 4.74 Å². The Morgan fingerprint density at radius 1 is 1.29 bits per heavy atom. The van der Waals surface area contributed by atoms with Crippen LogP contribution in [0.15, 0.2) is 12.7 Å². The molecule has 0 aliphatic heterocycles. The minimum Gasteiger partial charge on any atom is -0.380 e. The molecule has 0 aromatic rings. The maximum Gasteiger partial charge on any atom is 0.0591 e. The predicted molar refractivity (Wildman–Crippen MR) is 61.7 cm³/mol. The molecule has 0 bridgehead atoms. The van der Waals surface area contributed by atoms with Crippen LogP contribution in [0.3, 0.4) is 0 Å². The van der Waals surface area contributed by atoms with Gasteiger partial charge in [0, 0.05) is 6.54 Å². The summed E-state index contributed by atoms with van der Waals surface area (Å²) < 4.78 is 5.36. The topological polar surface area (TPSA) is 24.5 Å². The summed E-state index contributed by atoms with van der Waals surface area (Å²) >= 11 is 0. The van der Waals surface area contributed by atoms with Gasteiger partial charge in [0.05, 0.1) is 13.2 Å². The third kappa shape index (κ3) is 11.6. The van der Waals surface area contributed by atoms with E-state index < -0.39 is 0 Å². The van der Waals surface area contributed by atoms with Gasteiger partial charge in [-0.25, -0.2) is 0 Å². The van der Waals surface area contributed by atoms with Gasteiger partial charge in [0.15, 0.2) is 0 Å². The minimum atomic E-state index is 0.795. The van der Waals surface area contributed by atoms with Crippen LogP contribution in [-0.2, 0) is 4.74 Å². The number of ether oxygens (including phenoxy) is 1. The molecule has 0 unspecified atom stereocenters. The first-order valence-corrected chi connectivity index (χ1v) is 5.31. The second kappa shape index (κ2) is 10.7. The second-order valence-corrected chi connectivity index (χ2v) is 3.60. The molecule has 0 saturated carbocycles. The smallest absolute Gasteiger partial charge is 0.0591 e. The average molecular weight is 200 g/mol. The molecular formula is C11H24N2O. The standard InChI is InChI=1S/C11H24N2O/c1-4-5-10-14-11-8-12-7-6-9-13(2)3/h4,12H,1,5-11H2,2-3H3. The zero-order valence-electron chi connectivity index (χ0n) is 9.59. The van der Waals surface area contributed by atoms with Crippen molar-refractivity contribution in [2.75, 3.05) is 46.9 Å². The summed E-state index contributed by atoms with van der Waals surface area (Å²) in [6.45, 7) is 8.40. The van der Waals surface area contributed by atoms with Gasteiger partial charge in [-0.3, -0.25) is 0 Å². The van der Waals surface area contributed by atoms with Crippen LogP contribution >= 0.6 is 0 Å². The van der Waals surface area contributed by atoms with Crippen LogP contribution in [0.5, 0.6) is 0 Å². The van der Waals surface area contributed by atoms with Crippen LogP contribution < -0.4 is 5.32 Å². The van der Waals surface area contributed by atoms with E-state index in [-0.39, 0.29) is 0 Å². The number of hydrogen-bond donors (Lipinski definition) is 1. The fourth-order valence-corrected chi connectivity index (χ4v) is 1.06. The van der Waals surface area contributed by atoms with Crippen LogP contribution in [0.1, 0.15) is 12.8 Å². The SMILES string of the molecule is C=CCCOCCNCCCN(C)C. The van der Waals surface area contributed by atoms with E-state index in [2.05, 4.69) is 30.9 Å². The van der Waals surface area contributed by atoms with E-state index in [0.717, 1.165) is 39.3 Å². The number of nitrogens with one attached hydrogen (secondary N) is 1. The molecule has 0 aliphatic carbocycles. The van der Waals surface area contributed by atoms with E-state index in [1.165, 1.54) is 6.42 Å². The van der Waals surface area contributed by atoms with Crippen molar-refractivity contribution in [3.8, 4) is 0 Å². The Balaban J connectivity index is 2.88. The van der Waals surface area contributed by atoms with Crippen molar-refractivity contribution in [3.05, 3.63) is 12.7 Å². The lowest BCUT2D eigenvalue weighted by molar-refractivity contribution is 0.140. The van der Waals surface area contributed by atoms with Gasteiger partial charge < -0.3 is 15.0 Å². The summed E-state index contributed by atoms with van der Waals surface area (Å²) in [5.74, 6) is 0. The van der Waals surface area contributed by atoms with E-state index in [1.807, 2.05) is 6.08 Å². The lowest BCUT2D eigenvalue weighted by Gasteiger charge is -2.09. The van der Waals surface area contributed by atoms with Crippen LogP contribution in [0.2, 0.25) is 0 Å². The second-order valence-electron chi connectivity index (χ2n) is 3.60. The lowest BCUT2D eigenvalue weighted by Crippen LogP contribution is -2.24. The number of nitrogens with zero attached hydrogens (tertiary/aromatic N) is 1. The molecule has 0 rings (SSSR count). The van der Waals surface area contributed by atoms with Crippen LogP contribution in [0.25, 0.3) is 0 Å². The Labute approximate surface area is 88.1 Å². The van der Waals surface area contributed by atoms with Gasteiger partial charge in [-0.05, 0) is 40.0 Å². The number of hydrogen-bond acceptors (Lipinski definition) is 3. The molecule has 14 heavy (non-hydrogen) atoms. The van der Waals surface area contributed by atoms with E-state index in [1.54, 1.807) is 0 Å². The van der Waals surface area contributed by atoms with E-state index in [9.17, 15) is 0 Å². The summed E-state index contributed by atoms with van der Waals surface area (Å²) in [5, 5.41) is 3.34. The van der Waals surface area contributed by atoms with Crippen molar-refractivity contribution in [1.29, 1.82) is 0 Å². The summed E-state index contributed by atoms with van der Waals surface area (Å²) in [6, 6.07) is 0. The Hall–Kier alpha value is -0.380. The van der Waals surface area contributed by atoms with Gasteiger partial charge in [0.25, 0.3) is 0 Å². The van der Waals surface area contributed by atoms with Crippen molar-refractivity contribution in [1.82, 2.24) is 10.2 Å². The minimum absolute atomic E-state index is 0.795. The molecule has 0 aromatic heterocycles. The molecule has 0 atom stereocenters. The highest BCUT2D eigenvalue weighted by atomic mass is 16.5. The zero-order valence-corrected chi connectivity index (χ0v) is 9.59. The summed E-state index contributed by atoms with van der Waals surface area (Å²) in [4.78, 5) is 2.20. The molecule has 0 spiro atoms. The van der Waals surface area contributed by atoms with Crippen molar-refractivity contribution >= 4 is 0 Å². The molecular weight excluding hydrogens is 176 g/mol. The van der Waals surface area contributed by atoms with Gasteiger partial charge >= 0.3 is 0 Å². The normalized spacial score (nSPS) is 10.8. The molecule has 1 N–H and O–H groups in total. The maximum absolute atomic E-state index is 5.36. The molecule has 0 fully saturated rings. The Bertz CT molecular complexity index is 126. The highest BCUT2D eigenvalue weighted by molar-refractivity contribution is 4.64. The molecule has 0 saturated heterocycles. The van der Waals surface area contributed by atoms with Gasteiger partial charge in [-0.1, -0.05) is 6.08 Å². The third-order valence-corrected chi connectivity index (χ3v) is 1.85. The monoisotopic (exact) mass is 200 g/mol. The largest absolute Gasteiger partial charge is 0.380 e. The molecule has 3 nitrogen and oxygen atoms in total. The summed E-state index contributed by atoms with van der Waals surface area (Å²) in [6.07, 6.45) is 4.02. The first kappa shape index (κ1) is 13.6.